The minimum Gasteiger partial charge on any atom is -0.335 e. The van der Waals surface area contributed by atoms with Crippen molar-refractivity contribution in [3.05, 3.63) is 71.3 Å². The average Bonchev–Trinajstić information content (AvgIpc) is 3.10. The molecule has 2 aromatic carbocycles. The molecule has 0 fully saturated rings. The fraction of sp³-hybridized carbons (Fsp3) is 0.176. The van der Waals surface area contributed by atoms with Crippen LogP contribution in [0.25, 0.3) is 0 Å². The molecule has 1 N–H and O–H groups in total. The predicted molar refractivity (Wildman–Crippen MR) is 85.8 cm³/mol. The van der Waals surface area contributed by atoms with Gasteiger partial charge in [0, 0.05) is 5.82 Å². The van der Waals surface area contributed by atoms with E-state index in [1.165, 1.54) is 12.1 Å². The number of nitrogens with zero attached hydrogens (tertiary/aromatic N) is 4. The standard InChI is InChI=1S/C17H16FN5O/c1-11-6-8-12(9-7-11)10-13(16-20-22-23-21-16)17(24)19-15-5-3-2-4-14(15)18/h2-9,13H,10H2,1H3,(H2,19,20,21,22,23,24)/p-1/t13-/m1/s1. The molecule has 1 aromatic heterocycles. The molecule has 6 nitrogen and oxygen atoms in total. The number of amides is 1. The highest BCUT2D eigenvalue weighted by molar-refractivity contribution is 5.95. The number of carbonyl (C=O) groups excluding carboxylic acids is 1. The molecule has 122 valence electrons. The maximum Gasteiger partial charge on any atom is 0.232 e. The van der Waals surface area contributed by atoms with Crippen molar-refractivity contribution in [3.63, 3.8) is 0 Å². The maximum absolute atomic E-state index is 13.8. The van der Waals surface area contributed by atoms with E-state index in [2.05, 4.69) is 25.9 Å². The molecule has 24 heavy (non-hydrogen) atoms. The molecule has 0 saturated heterocycles. The van der Waals surface area contributed by atoms with Crippen LogP contribution in [0.3, 0.4) is 0 Å². The number of aryl methyl sites for hydroxylation is 1. The molecule has 0 unspecified atom stereocenters. The van der Waals surface area contributed by atoms with E-state index in [9.17, 15) is 9.18 Å². The lowest BCUT2D eigenvalue weighted by atomic mass is 9.97. The number of anilines is 1. The van der Waals surface area contributed by atoms with E-state index in [-0.39, 0.29) is 11.5 Å². The minimum absolute atomic E-state index is 0.115. The largest absolute Gasteiger partial charge is 0.335 e. The van der Waals surface area contributed by atoms with E-state index in [0.717, 1.165) is 11.1 Å². The first-order valence-corrected chi connectivity index (χ1v) is 7.43. The zero-order valence-corrected chi connectivity index (χ0v) is 13.0. The van der Waals surface area contributed by atoms with Gasteiger partial charge in [-0.05, 0) is 31.0 Å². The molecule has 3 aromatic rings. The van der Waals surface area contributed by atoms with Crippen molar-refractivity contribution < 1.29 is 9.18 Å². The monoisotopic (exact) mass is 324 g/mol. The number of hydrogen-bond donors (Lipinski definition) is 1. The normalized spacial score (nSPS) is 11.9. The molecule has 3 rings (SSSR count). The van der Waals surface area contributed by atoms with E-state index in [4.69, 9.17) is 0 Å². The first-order chi connectivity index (χ1) is 11.6. The second-order valence-corrected chi connectivity index (χ2v) is 5.45. The number of rotatable bonds is 5. The van der Waals surface area contributed by atoms with Gasteiger partial charge in [0.2, 0.25) is 5.91 Å². The Hall–Kier alpha value is -3.09. The van der Waals surface area contributed by atoms with Crippen molar-refractivity contribution in [1.82, 2.24) is 20.6 Å². The Balaban J connectivity index is 1.83. The first kappa shape index (κ1) is 15.8. The van der Waals surface area contributed by atoms with Gasteiger partial charge < -0.3 is 10.4 Å². The molecule has 7 heteroatoms. The zero-order chi connectivity index (χ0) is 16.9. The predicted octanol–water partition coefficient (Wildman–Crippen LogP) is 2.24. The molecule has 0 spiro atoms. The van der Waals surface area contributed by atoms with Crippen LogP contribution in [0.2, 0.25) is 0 Å². The topological polar surface area (TPSA) is 81.9 Å². The van der Waals surface area contributed by atoms with Crippen LogP contribution in [-0.2, 0) is 11.2 Å². The summed E-state index contributed by atoms with van der Waals surface area (Å²) in [6.45, 7) is 1.99. The van der Waals surface area contributed by atoms with Crippen LogP contribution in [0, 0.1) is 12.7 Å². The van der Waals surface area contributed by atoms with E-state index >= 15 is 0 Å². The summed E-state index contributed by atoms with van der Waals surface area (Å²) >= 11 is 0. The quantitative estimate of drug-likeness (QED) is 0.778. The van der Waals surface area contributed by atoms with Crippen molar-refractivity contribution in [2.45, 2.75) is 19.3 Å². The first-order valence-electron chi connectivity index (χ1n) is 7.43. The summed E-state index contributed by atoms with van der Waals surface area (Å²) in [7, 11) is 0. The van der Waals surface area contributed by atoms with Crippen LogP contribution in [0.4, 0.5) is 10.1 Å². The summed E-state index contributed by atoms with van der Waals surface area (Å²) in [5.74, 6) is -1.40. The third kappa shape index (κ3) is 3.62. The van der Waals surface area contributed by atoms with Gasteiger partial charge in [0.25, 0.3) is 0 Å². The second-order valence-electron chi connectivity index (χ2n) is 5.45. The van der Waals surface area contributed by atoms with Crippen molar-refractivity contribution >= 4 is 11.6 Å². The molecule has 0 saturated carbocycles. The third-order valence-corrected chi connectivity index (χ3v) is 3.65. The smallest absolute Gasteiger partial charge is 0.232 e. The van der Waals surface area contributed by atoms with E-state index < -0.39 is 17.6 Å². The number of benzene rings is 2. The van der Waals surface area contributed by atoms with Crippen LogP contribution in [0.15, 0.2) is 48.5 Å². The molecule has 0 aliphatic carbocycles. The van der Waals surface area contributed by atoms with Crippen LogP contribution in [0.5, 0.6) is 0 Å². The Kier molecular flexibility index (Phi) is 4.60. The Morgan fingerprint density at radius 2 is 1.96 bits per heavy atom. The zero-order valence-electron chi connectivity index (χ0n) is 13.0. The van der Waals surface area contributed by atoms with Gasteiger partial charge in [0.15, 0.2) is 0 Å². The molecule has 0 aliphatic rings. The van der Waals surface area contributed by atoms with Crippen molar-refractivity contribution in [2.75, 3.05) is 5.32 Å². The van der Waals surface area contributed by atoms with Gasteiger partial charge in [-0.3, -0.25) is 15.1 Å². The third-order valence-electron chi connectivity index (χ3n) is 3.65. The number of carbonyl (C=O) groups is 1. The summed E-state index contributed by atoms with van der Waals surface area (Å²) in [5, 5.41) is 17.0. The highest BCUT2D eigenvalue weighted by Crippen LogP contribution is 2.21. The lowest BCUT2D eigenvalue weighted by Gasteiger charge is -2.17. The number of para-hydroxylation sites is 1. The fourth-order valence-electron chi connectivity index (χ4n) is 2.33. The van der Waals surface area contributed by atoms with E-state index in [0.29, 0.717) is 6.42 Å². The van der Waals surface area contributed by atoms with Crippen molar-refractivity contribution in [3.8, 4) is 0 Å². The summed E-state index contributed by atoms with van der Waals surface area (Å²) in [4.78, 5) is 12.6. The Bertz CT molecular complexity index is 817. The number of tetrazole rings is 1. The number of halogens is 1. The van der Waals surface area contributed by atoms with E-state index in [1.54, 1.807) is 12.1 Å². The molecule has 0 aliphatic heterocycles. The maximum atomic E-state index is 13.8. The second kappa shape index (κ2) is 6.99. The summed E-state index contributed by atoms with van der Waals surface area (Å²) in [5.41, 5.74) is 2.18. The number of aromatic nitrogens is 4. The lowest BCUT2D eigenvalue weighted by molar-refractivity contribution is -0.117. The molecule has 0 radical (unpaired) electrons. The van der Waals surface area contributed by atoms with Gasteiger partial charge in [0.05, 0.1) is 11.6 Å². The Morgan fingerprint density at radius 1 is 1.21 bits per heavy atom. The van der Waals surface area contributed by atoms with Gasteiger partial charge in [0.1, 0.15) is 5.82 Å². The lowest BCUT2D eigenvalue weighted by Crippen LogP contribution is -2.25. The SMILES string of the molecule is Cc1ccc(C[C@@H](C(=O)Nc2ccccc2F)c2nnn[n-]2)cc1. The number of nitrogens with one attached hydrogen (secondary N) is 1. The number of hydrogen-bond acceptors (Lipinski definition) is 4. The van der Waals surface area contributed by atoms with Crippen LogP contribution in [0.1, 0.15) is 22.9 Å². The minimum atomic E-state index is -0.706. The molecule has 1 atom stereocenters. The molecular formula is C17H15FN5O-. The summed E-state index contributed by atoms with van der Waals surface area (Å²) in [6.07, 6.45) is 0.369. The van der Waals surface area contributed by atoms with E-state index in [1.807, 2.05) is 31.2 Å². The van der Waals surface area contributed by atoms with Crippen LogP contribution in [-0.4, -0.2) is 21.4 Å². The molecular weight excluding hydrogens is 309 g/mol. The fourth-order valence-corrected chi connectivity index (χ4v) is 2.33. The van der Waals surface area contributed by atoms with Crippen LogP contribution >= 0.6 is 0 Å². The van der Waals surface area contributed by atoms with Gasteiger partial charge in [-0.15, -0.1) is 0 Å². The molecule has 0 bridgehead atoms. The Morgan fingerprint density at radius 3 is 2.62 bits per heavy atom. The molecule has 1 heterocycles. The van der Waals surface area contributed by atoms with Crippen LogP contribution < -0.4 is 10.4 Å². The van der Waals surface area contributed by atoms with Gasteiger partial charge in [-0.2, -0.15) is 5.21 Å². The van der Waals surface area contributed by atoms with Gasteiger partial charge in [-0.25, -0.2) is 4.39 Å². The highest BCUT2D eigenvalue weighted by Gasteiger charge is 2.22. The van der Waals surface area contributed by atoms with Gasteiger partial charge in [-0.1, -0.05) is 42.0 Å². The van der Waals surface area contributed by atoms with Crippen molar-refractivity contribution in [2.24, 2.45) is 0 Å². The average molecular weight is 324 g/mol. The highest BCUT2D eigenvalue weighted by atomic mass is 19.1. The molecule has 1 amide bonds. The summed E-state index contributed by atoms with van der Waals surface area (Å²) < 4.78 is 13.8. The van der Waals surface area contributed by atoms with Gasteiger partial charge >= 0.3 is 0 Å². The Labute approximate surface area is 138 Å². The van der Waals surface area contributed by atoms with Crippen molar-refractivity contribution in [1.29, 1.82) is 0 Å². The summed E-state index contributed by atoms with van der Waals surface area (Å²) in [6, 6.07) is 13.8.